The Morgan fingerprint density at radius 1 is 1.08 bits per heavy atom. The van der Waals surface area contributed by atoms with Crippen molar-refractivity contribution in [3.8, 4) is 28.6 Å². The van der Waals surface area contributed by atoms with Gasteiger partial charge in [0.1, 0.15) is 0 Å². The van der Waals surface area contributed by atoms with Crippen LogP contribution in [0.25, 0.3) is 11.4 Å². The number of carbonyl (C=O) groups is 1. The van der Waals surface area contributed by atoms with Crippen molar-refractivity contribution in [1.29, 1.82) is 0 Å². The van der Waals surface area contributed by atoms with Gasteiger partial charge in [-0.25, -0.2) is 0 Å². The molecule has 2 aromatic carbocycles. The van der Waals surface area contributed by atoms with Crippen LogP contribution in [0, 0.1) is 5.92 Å². The summed E-state index contributed by atoms with van der Waals surface area (Å²) in [5, 5.41) is 8.08. The van der Waals surface area contributed by atoms with Gasteiger partial charge in [0, 0.05) is 28.6 Å². The third kappa shape index (κ3) is 5.86. The Hall–Kier alpha value is -3.01. The first-order valence-corrected chi connectivity index (χ1v) is 12.2. The van der Waals surface area contributed by atoms with E-state index in [1.165, 1.54) is 0 Å². The number of halogens is 2. The van der Waals surface area contributed by atoms with Crippen molar-refractivity contribution in [3.05, 3.63) is 51.8 Å². The lowest BCUT2D eigenvalue weighted by Gasteiger charge is -2.30. The normalized spacial score (nSPS) is 14.5. The Bertz CT molecular complexity index is 1210. The second kappa shape index (κ2) is 11.8. The number of methoxy groups -OCH3 is 3. The van der Waals surface area contributed by atoms with E-state index in [9.17, 15) is 4.79 Å². The molecule has 0 bridgehead atoms. The van der Waals surface area contributed by atoms with Gasteiger partial charge in [0.05, 0.1) is 32.9 Å². The molecule has 0 aliphatic carbocycles. The fraction of sp³-hybridized carbons (Fsp3) is 0.400. The Balaban J connectivity index is 1.29. The number of hydrogen-bond donors (Lipinski definition) is 1. The molecule has 1 aromatic heterocycles. The van der Waals surface area contributed by atoms with Crippen LogP contribution in [0.2, 0.25) is 10.0 Å². The number of piperidine rings is 1. The highest BCUT2D eigenvalue weighted by molar-refractivity contribution is 6.36. The van der Waals surface area contributed by atoms with E-state index in [0.29, 0.717) is 57.7 Å². The molecule has 11 heteroatoms. The van der Waals surface area contributed by atoms with Gasteiger partial charge in [-0.05, 0) is 56.3 Å². The molecule has 3 aromatic rings. The number of nitrogens with zero attached hydrogens (tertiary/aromatic N) is 3. The fourth-order valence-corrected chi connectivity index (χ4v) is 4.77. The Labute approximate surface area is 219 Å². The smallest absolute Gasteiger partial charge is 0.241 e. The summed E-state index contributed by atoms with van der Waals surface area (Å²) in [5.41, 5.74) is 1.48. The Morgan fingerprint density at radius 3 is 2.50 bits per heavy atom. The van der Waals surface area contributed by atoms with Crippen molar-refractivity contribution in [1.82, 2.24) is 20.4 Å². The van der Waals surface area contributed by atoms with Crippen molar-refractivity contribution < 1.29 is 23.5 Å². The van der Waals surface area contributed by atoms with Crippen LogP contribution < -0.4 is 19.5 Å². The molecule has 0 unspecified atom stereocenters. The summed E-state index contributed by atoms with van der Waals surface area (Å²) in [6.07, 6.45) is 1.47. The average Bonchev–Trinajstić information content (AvgIpc) is 3.34. The van der Waals surface area contributed by atoms with E-state index < -0.39 is 0 Å². The largest absolute Gasteiger partial charge is 0.493 e. The molecule has 0 spiro atoms. The minimum absolute atomic E-state index is 0.0175. The summed E-state index contributed by atoms with van der Waals surface area (Å²) in [6, 6.07) is 8.80. The van der Waals surface area contributed by atoms with Crippen molar-refractivity contribution in [2.75, 3.05) is 34.4 Å². The number of amides is 1. The van der Waals surface area contributed by atoms with Gasteiger partial charge in [0.25, 0.3) is 0 Å². The first kappa shape index (κ1) is 26.1. The van der Waals surface area contributed by atoms with Crippen LogP contribution in [0.15, 0.2) is 34.9 Å². The van der Waals surface area contributed by atoms with Gasteiger partial charge in [-0.2, -0.15) is 4.98 Å². The third-order valence-electron chi connectivity index (χ3n) is 6.20. The van der Waals surface area contributed by atoms with Crippen LogP contribution in [0.5, 0.6) is 17.2 Å². The molecule has 1 fully saturated rings. The second-order valence-corrected chi connectivity index (χ2v) is 9.24. The SMILES string of the molecule is COc1ccc(CNC(=O)C2CCN(Cc3nc(-c4ccc(Cl)cc4Cl)no3)CC2)c(OC)c1OC. The summed E-state index contributed by atoms with van der Waals surface area (Å²) in [4.78, 5) is 19.5. The molecule has 0 atom stereocenters. The summed E-state index contributed by atoms with van der Waals surface area (Å²) in [5.74, 6) is 2.49. The molecular weight excluding hydrogens is 507 g/mol. The molecule has 1 aliphatic heterocycles. The highest BCUT2D eigenvalue weighted by Gasteiger charge is 2.26. The first-order valence-electron chi connectivity index (χ1n) is 11.5. The highest BCUT2D eigenvalue weighted by Crippen LogP contribution is 2.39. The summed E-state index contributed by atoms with van der Waals surface area (Å²) >= 11 is 12.2. The molecular formula is C25H28Cl2N4O5. The quantitative estimate of drug-likeness (QED) is 0.425. The third-order valence-corrected chi connectivity index (χ3v) is 6.74. The predicted molar refractivity (Wildman–Crippen MR) is 136 cm³/mol. The van der Waals surface area contributed by atoms with Crippen LogP contribution in [0.4, 0.5) is 0 Å². The number of hydrogen-bond acceptors (Lipinski definition) is 8. The number of likely N-dealkylation sites (tertiary alicyclic amines) is 1. The number of aromatic nitrogens is 2. The maximum absolute atomic E-state index is 12.8. The van der Waals surface area contributed by atoms with Crippen LogP contribution in [-0.4, -0.2) is 55.4 Å². The van der Waals surface area contributed by atoms with E-state index in [4.69, 9.17) is 41.9 Å². The monoisotopic (exact) mass is 534 g/mol. The van der Waals surface area contributed by atoms with Crippen LogP contribution in [0.1, 0.15) is 24.3 Å². The minimum atomic E-state index is -0.0708. The topological polar surface area (TPSA) is 99.0 Å². The zero-order valence-corrected chi connectivity index (χ0v) is 21.9. The predicted octanol–water partition coefficient (Wildman–Crippen LogP) is 4.60. The van der Waals surface area contributed by atoms with E-state index in [1.54, 1.807) is 45.6 Å². The van der Waals surface area contributed by atoms with Crippen LogP contribution in [-0.2, 0) is 17.9 Å². The molecule has 0 saturated carbocycles. The molecule has 9 nitrogen and oxygen atoms in total. The fourth-order valence-electron chi connectivity index (χ4n) is 4.27. The molecule has 36 heavy (non-hydrogen) atoms. The molecule has 1 amide bonds. The van der Waals surface area contributed by atoms with Gasteiger partial charge in [-0.1, -0.05) is 28.4 Å². The molecule has 1 saturated heterocycles. The van der Waals surface area contributed by atoms with Crippen LogP contribution >= 0.6 is 23.2 Å². The van der Waals surface area contributed by atoms with Gasteiger partial charge < -0.3 is 24.1 Å². The highest BCUT2D eigenvalue weighted by atomic mass is 35.5. The molecule has 1 N–H and O–H groups in total. The van der Waals surface area contributed by atoms with Crippen molar-refractivity contribution >= 4 is 29.1 Å². The van der Waals surface area contributed by atoms with Gasteiger partial charge in [-0.15, -0.1) is 0 Å². The maximum atomic E-state index is 12.8. The van der Waals surface area contributed by atoms with Gasteiger partial charge >= 0.3 is 0 Å². The standard InChI is InChI=1S/C25H28Cl2N4O5/c1-33-20-7-4-16(22(34-2)23(20)35-3)13-28-25(32)15-8-10-31(11-9-15)14-21-29-24(30-36-21)18-6-5-17(26)12-19(18)27/h4-7,12,15H,8-11,13-14H2,1-3H3,(H,28,32). The number of rotatable bonds is 9. The molecule has 4 rings (SSSR count). The summed E-state index contributed by atoms with van der Waals surface area (Å²) < 4.78 is 21.7. The van der Waals surface area contributed by atoms with E-state index in [2.05, 4.69) is 20.4 Å². The van der Waals surface area contributed by atoms with Gasteiger partial charge in [0.2, 0.25) is 23.4 Å². The first-order chi connectivity index (χ1) is 17.4. The van der Waals surface area contributed by atoms with Crippen molar-refractivity contribution in [2.45, 2.75) is 25.9 Å². The van der Waals surface area contributed by atoms with Crippen molar-refractivity contribution in [3.63, 3.8) is 0 Å². The molecule has 192 valence electrons. The lowest BCUT2D eigenvalue weighted by atomic mass is 9.96. The van der Waals surface area contributed by atoms with E-state index in [1.807, 2.05) is 6.07 Å². The average molecular weight is 535 g/mol. The van der Waals surface area contributed by atoms with Gasteiger partial charge in [0.15, 0.2) is 11.5 Å². The zero-order valence-electron chi connectivity index (χ0n) is 20.3. The van der Waals surface area contributed by atoms with Crippen molar-refractivity contribution in [2.24, 2.45) is 5.92 Å². The number of ether oxygens (including phenoxy) is 3. The number of carbonyl (C=O) groups excluding carboxylic acids is 1. The molecule has 2 heterocycles. The second-order valence-electron chi connectivity index (χ2n) is 8.40. The van der Waals surface area contributed by atoms with E-state index in [-0.39, 0.29) is 11.8 Å². The Kier molecular flexibility index (Phi) is 8.56. The maximum Gasteiger partial charge on any atom is 0.241 e. The summed E-state index contributed by atoms with van der Waals surface area (Å²) in [6.45, 7) is 2.34. The minimum Gasteiger partial charge on any atom is -0.493 e. The van der Waals surface area contributed by atoms with Gasteiger partial charge in [-0.3, -0.25) is 9.69 Å². The number of benzene rings is 2. The Morgan fingerprint density at radius 2 is 1.83 bits per heavy atom. The molecule has 0 radical (unpaired) electrons. The number of nitrogens with one attached hydrogen (secondary N) is 1. The van der Waals surface area contributed by atoms with E-state index >= 15 is 0 Å². The summed E-state index contributed by atoms with van der Waals surface area (Å²) in [7, 11) is 4.69. The van der Waals surface area contributed by atoms with E-state index in [0.717, 1.165) is 31.5 Å². The molecule has 1 aliphatic rings. The lowest BCUT2D eigenvalue weighted by molar-refractivity contribution is -0.126. The van der Waals surface area contributed by atoms with Crippen LogP contribution in [0.3, 0.4) is 0 Å². The zero-order chi connectivity index (χ0) is 25.7. The lowest BCUT2D eigenvalue weighted by Crippen LogP contribution is -2.40.